The lowest BCUT2D eigenvalue weighted by atomic mass is 10.1. The third-order valence-electron chi connectivity index (χ3n) is 4.30. The highest BCUT2D eigenvalue weighted by molar-refractivity contribution is 5.92. The van der Waals surface area contributed by atoms with Crippen molar-refractivity contribution in [2.45, 2.75) is 13.1 Å². The second kappa shape index (κ2) is 7.79. The Morgan fingerprint density at radius 3 is 2.32 bits per heavy atom. The zero-order valence-electron chi connectivity index (χ0n) is 14.9. The lowest BCUT2D eigenvalue weighted by molar-refractivity contribution is 0.0945. The van der Waals surface area contributed by atoms with Crippen LogP contribution in [0.2, 0.25) is 0 Å². The van der Waals surface area contributed by atoms with Crippen molar-refractivity contribution in [3.8, 4) is 0 Å². The molecule has 3 aromatic heterocycles. The zero-order chi connectivity index (χ0) is 19.3. The number of rotatable bonds is 5. The third kappa shape index (κ3) is 3.64. The molecule has 3 heterocycles. The lowest BCUT2D eigenvalue weighted by Crippen LogP contribution is -2.29. The molecule has 0 fully saturated rings. The van der Waals surface area contributed by atoms with E-state index in [0.29, 0.717) is 22.2 Å². The van der Waals surface area contributed by atoms with E-state index in [1.807, 2.05) is 36.4 Å². The SMILES string of the molecule is O=C(NCc1nn(Cc2ccccn2)c(=O)c2ccccc12)c1ccccn1. The van der Waals surface area contributed by atoms with Gasteiger partial charge in [0.2, 0.25) is 0 Å². The van der Waals surface area contributed by atoms with Crippen LogP contribution < -0.4 is 10.9 Å². The predicted molar refractivity (Wildman–Crippen MR) is 105 cm³/mol. The fraction of sp³-hybridized carbons (Fsp3) is 0.0952. The average Bonchev–Trinajstić information content (AvgIpc) is 2.76. The Kier molecular flexibility index (Phi) is 4.88. The van der Waals surface area contributed by atoms with E-state index in [1.165, 1.54) is 4.68 Å². The molecule has 1 aromatic carbocycles. The summed E-state index contributed by atoms with van der Waals surface area (Å²) < 4.78 is 1.38. The van der Waals surface area contributed by atoms with Crippen LogP contribution >= 0.6 is 0 Å². The maximum atomic E-state index is 12.8. The molecule has 0 spiro atoms. The van der Waals surface area contributed by atoms with Gasteiger partial charge >= 0.3 is 0 Å². The first-order valence-corrected chi connectivity index (χ1v) is 8.80. The quantitative estimate of drug-likeness (QED) is 0.581. The van der Waals surface area contributed by atoms with Gasteiger partial charge < -0.3 is 5.32 Å². The van der Waals surface area contributed by atoms with E-state index in [0.717, 1.165) is 5.69 Å². The van der Waals surface area contributed by atoms with Crippen LogP contribution in [0.15, 0.2) is 77.9 Å². The minimum Gasteiger partial charge on any atom is -0.345 e. The van der Waals surface area contributed by atoms with E-state index in [9.17, 15) is 9.59 Å². The summed E-state index contributed by atoms with van der Waals surface area (Å²) in [5.74, 6) is -0.297. The van der Waals surface area contributed by atoms with E-state index < -0.39 is 0 Å². The number of carbonyl (C=O) groups excluding carboxylic acids is 1. The Bertz CT molecular complexity index is 1170. The Balaban J connectivity index is 1.68. The zero-order valence-corrected chi connectivity index (χ0v) is 14.9. The molecule has 0 unspecified atom stereocenters. The average molecular weight is 371 g/mol. The molecule has 7 heteroatoms. The van der Waals surface area contributed by atoms with Crippen molar-refractivity contribution in [3.63, 3.8) is 0 Å². The second-order valence-electron chi connectivity index (χ2n) is 6.17. The number of nitrogens with one attached hydrogen (secondary N) is 1. The molecule has 138 valence electrons. The Morgan fingerprint density at radius 1 is 0.893 bits per heavy atom. The second-order valence-corrected chi connectivity index (χ2v) is 6.17. The number of amides is 1. The van der Waals surface area contributed by atoms with Gasteiger partial charge in [-0.05, 0) is 30.3 Å². The molecule has 0 aliphatic carbocycles. The maximum Gasteiger partial charge on any atom is 0.275 e. The molecular formula is C21H17N5O2. The summed E-state index contributed by atoms with van der Waals surface area (Å²) in [4.78, 5) is 33.4. The summed E-state index contributed by atoms with van der Waals surface area (Å²) in [5.41, 5.74) is 1.47. The minimum absolute atomic E-state index is 0.179. The number of hydrogen-bond donors (Lipinski definition) is 1. The van der Waals surface area contributed by atoms with Crippen molar-refractivity contribution in [1.29, 1.82) is 0 Å². The number of nitrogens with zero attached hydrogens (tertiary/aromatic N) is 4. The van der Waals surface area contributed by atoms with Crippen molar-refractivity contribution < 1.29 is 4.79 Å². The van der Waals surface area contributed by atoms with Crippen LogP contribution in [0.3, 0.4) is 0 Å². The first-order chi connectivity index (χ1) is 13.7. The number of hydrogen-bond acceptors (Lipinski definition) is 5. The molecule has 0 radical (unpaired) electrons. The fourth-order valence-electron chi connectivity index (χ4n) is 2.94. The minimum atomic E-state index is -0.297. The first-order valence-electron chi connectivity index (χ1n) is 8.80. The number of pyridine rings is 2. The van der Waals surface area contributed by atoms with Gasteiger partial charge in [-0.15, -0.1) is 0 Å². The van der Waals surface area contributed by atoms with Crippen LogP contribution in [0.1, 0.15) is 21.9 Å². The summed E-state index contributed by atoms with van der Waals surface area (Å²) in [6.45, 7) is 0.435. The van der Waals surface area contributed by atoms with Crippen LogP contribution in [-0.2, 0) is 13.1 Å². The van der Waals surface area contributed by atoms with E-state index in [2.05, 4.69) is 20.4 Å². The van der Waals surface area contributed by atoms with Gasteiger partial charge in [-0.2, -0.15) is 5.10 Å². The number of fused-ring (bicyclic) bond motifs is 1. The van der Waals surface area contributed by atoms with Gasteiger partial charge in [-0.1, -0.05) is 30.3 Å². The summed E-state index contributed by atoms with van der Waals surface area (Å²) in [5, 5.41) is 8.58. The molecule has 0 saturated carbocycles. The highest BCUT2D eigenvalue weighted by atomic mass is 16.2. The monoisotopic (exact) mass is 371 g/mol. The van der Waals surface area contributed by atoms with E-state index in [4.69, 9.17) is 0 Å². The van der Waals surface area contributed by atoms with Crippen molar-refractivity contribution >= 4 is 16.7 Å². The molecule has 4 rings (SSSR count). The first kappa shape index (κ1) is 17.5. The lowest BCUT2D eigenvalue weighted by Gasteiger charge is -2.11. The molecule has 0 aliphatic heterocycles. The van der Waals surface area contributed by atoms with Crippen molar-refractivity contribution in [2.24, 2.45) is 0 Å². The highest BCUT2D eigenvalue weighted by Gasteiger charge is 2.13. The van der Waals surface area contributed by atoms with Gasteiger partial charge in [-0.25, -0.2) is 4.68 Å². The van der Waals surface area contributed by atoms with Gasteiger partial charge in [0.1, 0.15) is 5.69 Å². The highest BCUT2D eigenvalue weighted by Crippen LogP contribution is 2.13. The molecule has 0 bridgehead atoms. The van der Waals surface area contributed by atoms with Crippen LogP contribution in [0.4, 0.5) is 0 Å². The van der Waals surface area contributed by atoms with Crippen LogP contribution in [0.5, 0.6) is 0 Å². The smallest absolute Gasteiger partial charge is 0.275 e. The van der Waals surface area contributed by atoms with E-state index >= 15 is 0 Å². The topological polar surface area (TPSA) is 89.8 Å². The molecule has 0 atom stereocenters. The summed E-state index contributed by atoms with van der Waals surface area (Å²) >= 11 is 0. The molecule has 7 nitrogen and oxygen atoms in total. The number of aromatic nitrogens is 4. The largest absolute Gasteiger partial charge is 0.345 e. The van der Waals surface area contributed by atoms with Gasteiger partial charge in [0, 0.05) is 17.8 Å². The summed E-state index contributed by atoms with van der Waals surface area (Å²) in [7, 11) is 0. The Labute approximate surface area is 160 Å². The molecule has 1 amide bonds. The molecule has 0 saturated heterocycles. The van der Waals surface area contributed by atoms with Crippen LogP contribution in [-0.4, -0.2) is 25.7 Å². The predicted octanol–water partition coefficient (Wildman–Crippen LogP) is 2.16. The summed E-state index contributed by atoms with van der Waals surface area (Å²) in [6.07, 6.45) is 3.24. The summed E-state index contributed by atoms with van der Waals surface area (Å²) in [6, 6.07) is 17.9. The van der Waals surface area contributed by atoms with Gasteiger partial charge in [-0.3, -0.25) is 19.6 Å². The Morgan fingerprint density at radius 2 is 1.61 bits per heavy atom. The third-order valence-corrected chi connectivity index (χ3v) is 4.30. The number of benzene rings is 1. The van der Waals surface area contributed by atoms with E-state index in [1.54, 1.807) is 36.7 Å². The van der Waals surface area contributed by atoms with Gasteiger partial charge in [0.05, 0.1) is 29.9 Å². The fourth-order valence-corrected chi connectivity index (χ4v) is 2.94. The molecule has 1 N–H and O–H groups in total. The normalized spacial score (nSPS) is 10.7. The van der Waals surface area contributed by atoms with Gasteiger partial charge in [0.25, 0.3) is 11.5 Å². The Hall–Kier alpha value is -3.87. The van der Waals surface area contributed by atoms with Crippen molar-refractivity contribution in [1.82, 2.24) is 25.1 Å². The van der Waals surface area contributed by atoms with Crippen LogP contribution in [0, 0.1) is 0 Å². The molecule has 0 aliphatic rings. The molecular weight excluding hydrogens is 354 g/mol. The van der Waals surface area contributed by atoms with Crippen molar-refractivity contribution in [3.05, 3.63) is 100 Å². The standard InChI is InChI=1S/C21H17N5O2/c27-20(18-10-4-6-12-23-18)24-13-19-16-8-1-2-9-17(16)21(28)26(25-19)14-15-7-3-5-11-22-15/h1-12H,13-14H2,(H,24,27). The molecule has 4 aromatic rings. The maximum absolute atomic E-state index is 12.8. The van der Waals surface area contributed by atoms with Crippen molar-refractivity contribution in [2.75, 3.05) is 0 Å². The van der Waals surface area contributed by atoms with Gasteiger partial charge in [0.15, 0.2) is 0 Å². The number of carbonyl (C=O) groups is 1. The molecule has 28 heavy (non-hydrogen) atoms. The van der Waals surface area contributed by atoms with E-state index in [-0.39, 0.29) is 24.6 Å². The van der Waals surface area contributed by atoms with Crippen LogP contribution in [0.25, 0.3) is 10.8 Å².